The van der Waals surface area contributed by atoms with Gasteiger partial charge < -0.3 is 15.6 Å². The van der Waals surface area contributed by atoms with E-state index in [0.29, 0.717) is 5.69 Å². The lowest BCUT2D eigenvalue weighted by Crippen LogP contribution is -2.15. The molecule has 0 bridgehead atoms. The Morgan fingerprint density at radius 1 is 0.941 bits per heavy atom. The summed E-state index contributed by atoms with van der Waals surface area (Å²) in [5.41, 5.74) is 4.61. The molecule has 7 heteroatoms. The summed E-state index contributed by atoms with van der Waals surface area (Å²) in [6.07, 6.45) is 3.50. The van der Waals surface area contributed by atoms with E-state index in [2.05, 4.69) is 25.6 Å². The van der Waals surface area contributed by atoms with E-state index in [1.807, 2.05) is 61.5 Å². The molecular formula is C27H22FN5O. The largest absolute Gasteiger partial charge is 0.358 e. The van der Waals surface area contributed by atoms with Crippen molar-refractivity contribution in [2.45, 2.75) is 13.0 Å². The van der Waals surface area contributed by atoms with Crippen molar-refractivity contribution in [2.24, 2.45) is 0 Å². The third-order valence-electron chi connectivity index (χ3n) is 5.61. The highest BCUT2D eigenvalue weighted by Gasteiger charge is 2.23. The average molecular weight is 452 g/mol. The summed E-state index contributed by atoms with van der Waals surface area (Å²) < 4.78 is 13.6. The van der Waals surface area contributed by atoms with E-state index in [1.54, 1.807) is 18.5 Å². The lowest BCUT2D eigenvalue weighted by molar-refractivity contribution is 0.102. The fourth-order valence-electron chi connectivity index (χ4n) is 4.07. The molecule has 2 aromatic carbocycles. The summed E-state index contributed by atoms with van der Waals surface area (Å²) in [5, 5.41) is 7.31. The molecule has 0 radical (unpaired) electrons. The number of pyridine rings is 2. The first-order chi connectivity index (χ1) is 16.6. The van der Waals surface area contributed by atoms with Gasteiger partial charge in [0.05, 0.1) is 11.7 Å². The molecule has 0 aliphatic heterocycles. The Balaban J connectivity index is 1.55. The number of fused-ring (bicyclic) bond motifs is 1. The maximum atomic E-state index is 13.6. The zero-order valence-electron chi connectivity index (χ0n) is 18.4. The quantitative estimate of drug-likeness (QED) is 0.302. The maximum absolute atomic E-state index is 13.6. The van der Waals surface area contributed by atoms with Gasteiger partial charge in [-0.05, 0) is 67.6 Å². The van der Waals surface area contributed by atoms with E-state index in [0.717, 1.165) is 33.7 Å². The number of carbonyl (C=O) groups excluding carboxylic acids is 1. The Hall–Kier alpha value is -4.52. The third-order valence-corrected chi connectivity index (χ3v) is 5.61. The van der Waals surface area contributed by atoms with Gasteiger partial charge in [0, 0.05) is 45.8 Å². The van der Waals surface area contributed by atoms with Crippen LogP contribution in [0, 0.1) is 12.7 Å². The Morgan fingerprint density at radius 2 is 1.76 bits per heavy atom. The highest BCUT2D eigenvalue weighted by Crippen LogP contribution is 2.35. The predicted octanol–water partition coefficient (Wildman–Crippen LogP) is 5.86. The molecule has 3 N–H and O–H groups in total. The van der Waals surface area contributed by atoms with Crippen LogP contribution in [-0.4, -0.2) is 20.9 Å². The first-order valence-corrected chi connectivity index (χ1v) is 10.9. The number of benzene rings is 2. The number of aromatic amines is 1. The lowest BCUT2D eigenvalue weighted by atomic mass is 9.99. The molecule has 6 nitrogen and oxygen atoms in total. The predicted molar refractivity (Wildman–Crippen MR) is 131 cm³/mol. The Kier molecular flexibility index (Phi) is 5.74. The molecule has 0 fully saturated rings. The van der Waals surface area contributed by atoms with Gasteiger partial charge in [-0.2, -0.15) is 0 Å². The van der Waals surface area contributed by atoms with Gasteiger partial charge in [0.1, 0.15) is 11.6 Å². The maximum Gasteiger partial charge on any atom is 0.255 e. The number of aromatic nitrogens is 3. The van der Waals surface area contributed by atoms with Crippen LogP contribution in [0.15, 0.2) is 91.3 Å². The standard InChI is InChI=1S/C27H22FN5O/c1-17-25(26(23-9-2-4-13-29-23)33-24-10-3-5-14-30-24)21-16-20(11-12-22(21)31-17)32-27(34)18-7-6-8-19(28)15-18/h2-16,26,31H,1H3,(H,30,33)(H,32,34). The van der Waals surface area contributed by atoms with Gasteiger partial charge in [-0.15, -0.1) is 0 Å². The number of hydrogen-bond donors (Lipinski definition) is 3. The molecule has 0 spiro atoms. The van der Waals surface area contributed by atoms with Crippen LogP contribution in [0.25, 0.3) is 10.9 Å². The summed E-state index contributed by atoms with van der Waals surface area (Å²) in [5.74, 6) is -0.103. The smallest absolute Gasteiger partial charge is 0.255 e. The van der Waals surface area contributed by atoms with Crippen LogP contribution in [-0.2, 0) is 0 Å². The Labute approximate surface area is 195 Å². The van der Waals surface area contributed by atoms with Gasteiger partial charge in [0.15, 0.2) is 0 Å². The van der Waals surface area contributed by atoms with Crippen molar-refractivity contribution in [1.82, 2.24) is 15.0 Å². The molecule has 1 unspecified atom stereocenters. The molecule has 1 atom stereocenters. The van der Waals surface area contributed by atoms with Crippen molar-refractivity contribution in [3.05, 3.63) is 120 Å². The summed E-state index contributed by atoms with van der Waals surface area (Å²) in [7, 11) is 0. The summed E-state index contributed by atoms with van der Waals surface area (Å²) in [4.78, 5) is 25.1. The number of anilines is 2. The highest BCUT2D eigenvalue weighted by molar-refractivity contribution is 6.05. The van der Waals surface area contributed by atoms with Crippen LogP contribution in [0.4, 0.5) is 15.9 Å². The fraction of sp³-hybridized carbons (Fsp3) is 0.0741. The van der Waals surface area contributed by atoms with Gasteiger partial charge in [-0.3, -0.25) is 9.78 Å². The summed E-state index contributed by atoms with van der Waals surface area (Å²) in [6.45, 7) is 2.01. The Bertz CT molecular complexity index is 1450. The van der Waals surface area contributed by atoms with Crippen molar-refractivity contribution in [1.29, 1.82) is 0 Å². The van der Waals surface area contributed by atoms with Crippen molar-refractivity contribution in [3.8, 4) is 0 Å². The van der Waals surface area contributed by atoms with Crippen LogP contribution in [0.5, 0.6) is 0 Å². The number of nitrogens with zero attached hydrogens (tertiary/aromatic N) is 2. The van der Waals surface area contributed by atoms with Gasteiger partial charge in [-0.25, -0.2) is 9.37 Å². The van der Waals surface area contributed by atoms with E-state index < -0.39 is 5.82 Å². The summed E-state index contributed by atoms with van der Waals surface area (Å²) in [6, 6.07) is 22.5. The second-order valence-corrected chi connectivity index (χ2v) is 7.94. The minimum Gasteiger partial charge on any atom is -0.358 e. The van der Waals surface area contributed by atoms with Gasteiger partial charge >= 0.3 is 0 Å². The number of rotatable bonds is 6. The average Bonchev–Trinajstić information content (AvgIpc) is 3.18. The zero-order chi connectivity index (χ0) is 23.5. The number of hydrogen-bond acceptors (Lipinski definition) is 4. The van der Waals surface area contributed by atoms with Crippen LogP contribution < -0.4 is 10.6 Å². The second kappa shape index (κ2) is 9.15. The molecule has 168 valence electrons. The van der Waals surface area contributed by atoms with E-state index >= 15 is 0 Å². The van der Waals surface area contributed by atoms with E-state index in [9.17, 15) is 9.18 Å². The first-order valence-electron chi connectivity index (χ1n) is 10.9. The number of amides is 1. The number of aryl methyl sites for hydroxylation is 1. The Morgan fingerprint density at radius 3 is 2.50 bits per heavy atom. The molecule has 3 aromatic heterocycles. The fourth-order valence-corrected chi connectivity index (χ4v) is 4.07. The zero-order valence-corrected chi connectivity index (χ0v) is 18.4. The van der Waals surface area contributed by atoms with Crippen molar-refractivity contribution >= 4 is 28.3 Å². The van der Waals surface area contributed by atoms with Crippen molar-refractivity contribution in [3.63, 3.8) is 0 Å². The molecule has 0 saturated carbocycles. The number of halogens is 1. The molecule has 5 aromatic rings. The van der Waals surface area contributed by atoms with Crippen LogP contribution in [0.2, 0.25) is 0 Å². The van der Waals surface area contributed by atoms with Gasteiger partial charge in [0.2, 0.25) is 0 Å². The van der Waals surface area contributed by atoms with Crippen LogP contribution in [0.3, 0.4) is 0 Å². The van der Waals surface area contributed by atoms with E-state index in [1.165, 1.54) is 18.2 Å². The summed E-state index contributed by atoms with van der Waals surface area (Å²) >= 11 is 0. The monoisotopic (exact) mass is 451 g/mol. The molecule has 0 aliphatic rings. The molecule has 0 aliphatic carbocycles. The van der Waals surface area contributed by atoms with Crippen molar-refractivity contribution < 1.29 is 9.18 Å². The SMILES string of the molecule is Cc1[nH]c2ccc(NC(=O)c3cccc(F)c3)cc2c1C(Nc1ccccn1)c1ccccn1. The topological polar surface area (TPSA) is 82.7 Å². The van der Waals surface area contributed by atoms with E-state index in [4.69, 9.17) is 0 Å². The third kappa shape index (κ3) is 4.36. The number of nitrogens with one attached hydrogen (secondary N) is 3. The molecular weight excluding hydrogens is 429 g/mol. The van der Waals surface area contributed by atoms with Crippen molar-refractivity contribution in [2.75, 3.05) is 10.6 Å². The lowest BCUT2D eigenvalue weighted by Gasteiger charge is -2.20. The highest BCUT2D eigenvalue weighted by atomic mass is 19.1. The first kappa shape index (κ1) is 21.3. The van der Waals surface area contributed by atoms with Gasteiger partial charge in [-0.1, -0.05) is 18.2 Å². The van der Waals surface area contributed by atoms with E-state index in [-0.39, 0.29) is 17.5 Å². The van der Waals surface area contributed by atoms with Gasteiger partial charge in [0.25, 0.3) is 5.91 Å². The molecule has 1 amide bonds. The number of carbonyl (C=O) groups is 1. The second-order valence-electron chi connectivity index (χ2n) is 7.94. The van der Waals surface area contributed by atoms with Crippen LogP contribution in [0.1, 0.15) is 33.4 Å². The minimum absolute atomic E-state index is 0.258. The van der Waals surface area contributed by atoms with Crippen LogP contribution >= 0.6 is 0 Å². The molecule has 0 saturated heterocycles. The normalized spacial score (nSPS) is 11.8. The molecule has 3 heterocycles. The molecule has 34 heavy (non-hydrogen) atoms. The molecule has 5 rings (SSSR count). The number of H-pyrrole nitrogens is 1. The minimum atomic E-state index is -0.453.